The van der Waals surface area contributed by atoms with Crippen LogP contribution in [0.4, 0.5) is 0 Å². The maximum absolute atomic E-state index is 12.3. The molecular weight excluding hydrogens is 314 g/mol. The highest BCUT2D eigenvalue weighted by molar-refractivity contribution is 7.89. The number of benzene rings is 2. The molecule has 5 nitrogen and oxygen atoms in total. The fourth-order valence-corrected chi connectivity index (χ4v) is 3.46. The van der Waals surface area contributed by atoms with Crippen LogP contribution >= 0.6 is 0 Å². The Balaban J connectivity index is 2.22. The standard InChI is InChI=1S/C17H19NO4S/c1-2-6-16(17(19)20)18-23(21,22)15-11-9-14(10-12-15)13-7-4-3-5-8-13/h3-5,7-12,16,18H,2,6H2,1H3,(H,19,20). The summed E-state index contributed by atoms with van der Waals surface area (Å²) in [6.45, 7) is 1.80. The fourth-order valence-electron chi connectivity index (χ4n) is 2.23. The first kappa shape index (κ1) is 17.2. The lowest BCUT2D eigenvalue weighted by Gasteiger charge is -2.14. The van der Waals surface area contributed by atoms with Gasteiger partial charge < -0.3 is 5.11 Å². The summed E-state index contributed by atoms with van der Waals surface area (Å²) in [6, 6.07) is 14.9. The van der Waals surface area contributed by atoms with E-state index in [9.17, 15) is 13.2 Å². The fraction of sp³-hybridized carbons (Fsp3) is 0.235. The van der Waals surface area contributed by atoms with E-state index in [1.165, 1.54) is 12.1 Å². The van der Waals surface area contributed by atoms with Crippen LogP contribution in [0.5, 0.6) is 0 Å². The molecule has 2 aromatic rings. The van der Waals surface area contributed by atoms with Crippen LogP contribution in [0.1, 0.15) is 19.8 Å². The van der Waals surface area contributed by atoms with Crippen molar-refractivity contribution in [2.45, 2.75) is 30.7 Å². The van der Waals surface area contributed by atoms with E-state index in [2.05, 4.69) is 4.72 Å². The minimum atomic E-state index is -3.86. The van der Waals surface area contributed by atoms with Crippen LogP contribution in [-0.2, 0) is 14.8 Å². The van der Waals surface area contributed by atoms with Crippen LogP contribution < -0.4 is 4.72 Å². The lowest BCUT2D eigenvalue weighted by Crippen LogP contribution is -2.40. The number of aliphatic carboxylic acids is 1. The van der Waals surface area contributed by atoms with Crippen molar-refractivity contribution < 1.29 is 18.3 Å². The molecular formula is C17H19NO4S. The second kappa shape index (κ2) is 7.39. The molecule has 0 aliphatic rings. The molecule has 1 atom stereocenters. The van der Waals surface area contributed by atoms with Crippen LogP contribution in [0, 0.1) is 0 Å². The summed E-state index contributed by atoms with van der Waals surface area (Å²) in [5.41, 5.74) is 1.88. The minimum Gasteiger partial charge on any atom is -0.480 e. The van der Waals surface area contributed by atoms with Gasteiger partial charge in [-0.3, -0.25) is 4.79 Å². The summed E-state index contributed by atoms with van der Waals surface area (Å²) < 4.78 is 26.8. The van der Waals surface area contributed by atoms with Gasteiger partial charge in [-0.15, -0.1) is 0 Å². The minimum absolute atomic E-state index is 0.0551. The second-order valence-corrected chi connectivity index (χ2v) is 6.91. The smallest absolute Gasteiger partial charge is 0.321 e. The maximum Gasteiger partial charge on any atom is 0.321 e. The molecule has 0 radical (unpaired) electrons. The van der Waals surface area contributed by atoms with Crippen LogP contribution in [0.2, 0.25) is 0 Å². The molecule has 122 valence electrons. The Bertz CT molecular complexity index is 755. The van der Waals surface area contributed by atoms with E-state index in [0.717, 1.165) is 11.1 Å². The van der Waals surface area contributed by atoms with Crippen molar-refractivity contribution in [1.29, 1.82) is 0 Å². The van der Waals surface area contributed by atoms with Crippen LogP contribution in [-0.4, -0.2) is 25.5 Å². The molecule has 6 heteroatoms. The Labute approximate surface area is 136 Å². The zero-order chi connectivity index (χ0) is 16.9. The molecule has 0 bridgehead atoms. The van der Waals surface area contributed by atoms with Gasteiger partial charge in [-0.2, -0.15) is 4.72 Å². The highest BCUT2D eigenvalue weighted by Gasteiger charge is 2.24. The van der Waals surface area contributed by atoms with Crippen LogP contribution in [0.3, 0.4) is 0 Å². The van der Waals surface area contributed by atoms with Gasteiger partial charge in [-0.1, -0.05) is 55.8 Å². The van der Waals surface area contributed by atoms with E-state index in [4.69, 9.17) is 5.11 Å². The summed E-state index contributed by atoms with van der Waals surface area (Å²) in [5, 5.41) is 9.08. The van der Waals surface area contributed by atoms with E-state index >= 15 is 0 Å². The van der Waals surface area contributed by atoms with Crippen molar-refractivity contribution in [2.75, 3.05) is 0 Å². The first-order valence-electron chi connectivity index (χ1n) is 7.34. The zero-order valence-electron chi connectivity index (χ0n) is 12.8. The molecule has 0 fully saturated rings. The van der Waals surface area contributed by atoms with Gasteiger partial charge in [0.05, 0.1) is 4.90 Å². The Kier molecular flexibility index (Phi) is 5.52. The lowest BCUT2D eigenvalue weighted by atomic mass is 10.1. The maximum atomic E-state index is 12.3. The van der Waals surface area contributed by atoms with Gasteiger partial charge in [-0.05, 0) is 29.7 Å². The van der Waals surface area contributed by atoms with Gasteiger partial charge in [0.2, 0.25) is 10.0 Å². The van der Waals surface area contributed by atoms with Crippen molar-refractivity contribution in [3.05, 3.63) is 54.6 Å². The molecule has 2 rings (SSSR count). The van der Waals surface area contributed by atoms with E-state index in [1.54, 1.807) is 19.1 Å². The Hall–Kier alpha value is -2.18. The van der Waals surface area contributed by atoms with Gasteiger partial charge in [0.25, 0.3) is 0 Å². The topological polar surface area (TPSA) is 83.5 Å². The Morgan fingerprint density at radius 3 is 2.13 bits per heavy atom. The molecule has 0 aliphatic heterocycles. The van der Waals surface area contributed by atoms with E-state index < -0.39 is 22.0 Å². The number of sulfonamides is 1. The summed E-state index contributed by atoms with van der Waals surface area (Å²) in [4.78, 5) is 11.2. The number of carbonyl (C=O) groups is 1. The monoisotopic (exact) mass is 333 g/mol. The van der Waals surface area contributed by atoms with Crippen molar-refractivity contribution in [1.82, 2.24) is 4.72 Å². The summed E-state index contributed by atoms with van der Waals surface area (Å²) >= 11 is 0. The molecule has 0 aliphatic carbocycles. The first-order valence-corrected chi connectivity index (χ1v) is 8.83. The van der Waals surface area contributed by atoms with E-state index in [0.29, 0.717) is 6.42 Å². The average molecular weight is 333 g/mol. The molecule has 0 spiro atoms. The third kappa shape index (κ3) is 4.40. The van der Waals surface area contributed by atoms with Gasteiger partial charge in [0.1, 0.15) is 6.04 Å². The number of hydrogen-bond acceptors (Lipinski definition) is 3. The number of carboxylic acids is 1. The number of carboxylic acid groups (broad SMARTS) is 1. The molecule has 2 aromatic carbocycles. The predicted octanol–water partition coefficient (Wildman–Crippen LogP) is 2.89. The molecule has 23 heavy (non-hydrogen) atoms. The van der Waals surface area contributed by atoms with Crippen molar-refractivity contribution >= 4 is 16.0 Å². The number of hydrogen-bond donors (Lipinski definition) is 2. The Morgan fingerprint density at radius 1 is 1.04 bits per heavy atom. The lowest BCUT2D eigenvalue weighted by molar-refractivity contribution is -0.139. The predicted molar refractivity (Wildman–Crippen MR) is 88.5 cm³/mol. The SMILES string of the molecule is CCCC(NS(=O)(=O)c1ccc(-c2ccccc2)cc1)C(=O)O. The molecule has 0 saturated heterocycles. The number of nitrogens with one attached hydrogen (secondary N) is 1. The first-order chi connectivity index (χ1) is 10.9. The van der Waals surface area contributed by atoms with E-state index in [-0.39, 0.29) is 11.3 Å². The van der Waals surface area contributed by atoms with Gasteiger partial charge in [0.15, 0.2) is 0 Å². The third-order valence-corrected chi connectivity index (χ3v) is 4.93. The highest BCUT2D eigenvalue weighted by Crippen LogP contribution is 2.21. The summed E-state index contributed by atoms with van der Waals surface area (Å²) in [7, 11) is -3.86. The van der Waals surface area contributed by atoms with Crippen LogP contribution in [0.25, 0.3) is 11.1 Å². The normalized spacial score (nSPS) is 12.7. The largest absolute Gasteiger partial charge is 0.480 e. The summed E-state index contributed by atoms with van der Waals surface area (Å²) in [6.07, 6.45) is 0.823. The average Bonchev–Trinajstić information content (AvgIpc) is 2.55. The Morgan fingerprint density at radius 2 is 1.61 bits per heavy atom. The quantitative estimate of drug-likeness (QED) is 0.816. The molecule has 0 aromatic heterocycles. The van der Waals surface area contributed by atoms with Crippen molar-refractivity contribution in [2.24, 2.45) is 0 Å². The van der Waals surface area contributed by atoms with Crippen molar-refractivity contribution in [3.8, 4) is 11.1 Å². The van der Waals surface area contributed by atoms with Gasteiger partial charge in [0, 0.05) is 0 Å². The van der Waals surface area contributed by atoms with Gasteiger partial charge >= 0.3 is 5.97 Å². The molecule has 0 heterocycles. The van der Waals surface area contributed by atoms with Crippen LogP contribution in [0.15, 0.2) is 59.5 Å². The molecule has 1 unspecified atom stereocenters. The summed E-state index contributed by atoms with van der Waals surface area (Å²) in [5.74, 6) is -1.17. The third-order valence-electron chi connectivity index (χ3n) is 3.44. The van der Waals surface area contributed by atoms with E-state index in [1.807, 2.05) is 30.3 Å². The zero-order valence-corrected chi connectivity index (χ0v) is 13.6. The van der Waals surface area contributed by atoms with Crippen molar-refractivity contribution in [3.63, 3.8) is 0 Å². The number of rotatable bonds is 7. The van der Waals surface area contributed by atoms with Gasteiger partial charge in [-0.25, -0.2) is 8.42 Å². The molecule has 0 saturated carbocycles. The molecule has 0 amide bonds. The second-order valence-electron chi connectivity index (χ2n) is 5.19. The molecule has 2 N–H and O–H groups in total. The highest BCUT2D eigenvalue weighted by atomic mass is 32.2.